The molecule has 0 bridgehead atoms. The summed E-state index contributed by atoms with van der Waals surface area (Å²) in [7, 11) is -3.41. The van der Waals surface area contributed by atoms with Crippen molar-refractivity contribution in [1.82, 2.24) is 9.62 Å². The first-order chi connectivity index (χ1) is 12.3. The van der Waals surface area contributed by atoms with Gasteiger partial charge in [-0.3, -0.25) is 9.59 Å². The van der Waals surface area contributed by atoms with Gasteiger partial charge in [0.2, 0.25) is 21.8 Å². The van der Waals surface area contributed by atoms with Crippen molar-refractivity contribution in [3.8, 4) is 0 Å². The summed E-state index contributed by atoms with van der Waals surface area (Å²) in [4.78, 5) is 24.3. The number of nitrogens with zero attached hydrogens (tertiary/aromatic N) is 1. The maximum absolute atomic E-state index is 13.3. The van der Waals surface area contributed by atoms with Crippen LogP contribution in [-0.2, 0) is 19.6 Å². The largest absolute Gasteiger partial charge is 0.356 e. The molecule has 2 N–H and O–H groups in total. The Morgan fingerprint density at radius 2 is 2.08 bits per heavy atom. The summed E-state index contributed by atoms with van der Waals surface area (Å²) in [5.74, 6) is -1.36. The minimum atomic E-state index is -3.41. The number of hydrogen-bond donors (Lipinski definition) is 2. The fourth-order valence-corrected chi connectivity index (χ4v) is 3.76. The summed E-state index contributed by atoms with van der Waals surface area (Å²) in [6.07, 6.45) is 2.61. The van der Waals surface area contributed by atoms with Crippen molar-refractivity contribution in [2.45, 2.75) is 25.7 Å². The van der Waals surface area contributed by atoms with Crippen molar-refractivity contribution in [1.29, 1.82) is 0 Å². The first-order valence-electron chi connectivity index (χ1n) is 8.54. The number of hydrogen-bond acceptors (Lipinski definition) is 4. The number of carbonyl (C=O) groups is 2. The Labute approximate surface area is 153 Å². The average Bonchev–Trinajstić information content (AvgIpc) is 2.58. The average molecular weight is 385 g/mol. The molecule has 26 heavy (non-hydrogen) atoms. The predicted molar refractivity (Wildman–Crippen MR) is 96.4 cm³/mol. The lowest BCUT2D eigenvalue weighted by molar-refractivity contribution is -0.122. The molecule has 0 aliphatic carbocycles. The second-order valence-electron chi connectivity index (χ2n) is 6.39. The zero-order valence-corrected chi connectivity index (χ0v) is 15.5. The zero-order valence-electron chi connectivity index (χ0n) is 14.7. The zero-order chi connectivity index (χ0) is 19.2. The van der Waals surface area contributed by atoms with Gasteiger partial charge >= 0.3 is 0 Å². The highest BCUT2D eigenvalue weighted by atomic mass is 32.2. The van der Waals surface area contributed by atoms with Crippen molar-refractivity contribution in [3.63, 3.8) is 0 Å². The maximum Gasteiger partial charge on any atom is 0.227 e. The number of nitrogens with one attached hydrogen (secondary N) is 2. The molecule has 1 aromatic rings. The SMILES string of the molecule is CS(=O)(=O)N1CCCC(C(=O)Nc2cccc(F)c2)CCNC(=O)CC1. The molecule has 1 unspecified atom stereocenters. The topological polar surface area (TPSA) is 95.6 Å². The smallest absolute Gasteiger partial charge is 0.227 e. The number of benzene rings is 1. The summed E-state index contributed by atoms with van der Waals surface area (Å²) in [6.45, 7) is 0.722. The van der Waals surface area contributed by atoms with Gasteiger partial charge in [0.1, 0.15) is 5.82 Å². The van der Waals surface area contributed by atoms with Crippen LogP contribution >= 0.6 is 0 Å². The number of halogens is 1. The van der Waals surface area contributed by atoms with E-state index in [-0.39, 0.29) is 31.3 Å². The van der Waals surface area contributed by atoms with E-state index < -0.39 is 21.8 Å². The van der Waals surface area contributed by atoms with Crippen molar-refractivity contribution in [2.24, 2.45) is 5.92 Å². The molecule has 0 spiro atoms. The number of amides is 2. The molecule has 2 amide bonds. The van der Waals surface area contributed by atoms with Gasteiger partial charge in [-0.15, -0.1) is 0 Å². The molecule has 0 aromatic heterocycles. The molecule has 144 valence electrons. The molecule has 1 atom stereocenters. The van der Waals surface area contributed by atoms with Gasteiger partial charge in [-0.2, -0.15) is 0 Å². The van der Waals surface area contributed by atoms with Gasteiger partial charge in [0.15, 0.2) is 0 Å². The Hall–Kier alpha value is -2.00. The molecule has 1 heterocycles. The second kappa shape index (κ2) is 9.09. The molecule has 9 heteroatoms. The van der Waals surface area contributed by atoms with E-state index in [2.05, 4.69) is 10.6 Å². The molecular formula is C17H24FN3O4S. The second-order valence-corrected chi connectivity index (χ2v) is 8.37. The van der Waals surface area contributed by atoms with Crippen LogP contribution in [0.3, 0.4) is 0 Å². The number of carbonyl (C=O) groups excluding carboxylic acids is 2. The Bertz CT molecular complexity index is 754. The summed E-state index contributed by atoms with van der Waals surface area (Å²) < 4.78 is 38.1. The first-order valence-corrected chi connectivity index (χ1v) is 10.4. The molecule has 7 nitrogen and oxygen atoms in total. The Morgan fingerprint density at radius 1 is 1.31 bits per heavy atom. The quantitative estimate of drug-likeness (QED) is 0.821. The van der Waals surface area contributed by atoms with Gasteiger partial charge in [-0.25, -0.2) is 17.1 Å². The van der Waals surface area contributed by atoms with Crippen LogP contribution in [0.2, 0.25) is 0 Å². The monoisotopic (exact) mass is 385 g/mol. The Balaban J connectivity index is 2.05. The molecule has 1 aliphatic rings. The number of sulfonamides is 1. The van der Waals surface area contributed by atoms with Crippen LogP contribution in [0.15, 0.2) is 24.3 Å². The predicted octanol–water partition coefficient (Wildman–Crippen LogP) is 1.33. The summed E-state index contributed by atoms with van der Waals surface area (Å²) in [5, 5.41) is 5.39. The summed E-state index contributed by atoms with van der Waals surface area (Å²) in [6, 6.07) is 5.63. The number of anilines is 1. The van der Waals surface area contributed by atoms with E-state index >= 15 is 0 Å². The molecular weight excluding hydrogens is 361 g/mol. The Kier molecular flexibility index (Phi) is 7.10. The van der Waals surface area contributed by atoms with E-state index in [1.54, 1.807) is 6.07 Å². The van der Waals surface area contributed by atoms with Gasteiger partial charge in [0.05, 0.1) is 6.26 Å². The van der Waals surface area contributed by atoms with Crippen LogP contribution in [0.5, 0.6) is 0 Å². The van der Waals surface area contributed by atoms with Gasteiger partial charge in [-0.05, 0) is 37.5 Å². The van der Waals surface area contributed by atoms with Gasteiger partial charge < -0.3 is 10.6 Å². The van der Waals surface area contributed by atoms with Gasteiger partial charge in [0.25, 0.3) is 0 Å². The van der Waals surface area contributed by atoms with E-state index in [0.717, 1.165) is 6.26 Å². The van der Waals surface area contributed by atoms with Crippen LogP contribution in [0.1, 0.15) is 25.7 Å². The molecule has 0 radical (unpaired) electrons. The van der Waals surface area contributed by atoms with Crippen LogP contribution in [0, 0.1) is 11.7 Å². The molecule has 1 saturated heterocycles. The standard InChI is InChI=1S/C17H24FN3O4S/c1-26(24,25)21-10-3-4-13(7-9-19-16(22)8-11-21)17(23)20-15-6-2-5-14(18)12-15/h2,5-6,12-13H,3-4,7-11H2,1H3,(H,19,22)(H,20,23). The number of rotatable bonds is 3. The summed E-state index contributed by atoms with van der Waals surface area (Å²) >= 11 is 0. The highest BCUT2D eigenvalue weighted by Crippen LogP contribution is 2.17. The minimum absolute atomic E-state index is 0.0905. The molecule has 1 aliphatic heterocycles. The lowest BCUT2D eigenvalue weighted by atomic mass is 9.98. The summed E-state index contributed by atoms with van der Waals surface area (Å²) in [5.41, 5.74) is 0.367. The van der Waals surface area contributed by atoms with Gasteiger partial charge in [-0.1, -0.05) is 6.07 Å². The fourth-order valence-electron chi connectivity index (χ4n) is 2.88. The van der Waals surface area contributed by atoms with Gasteiger partial charge in [0, 0.05) is 37.7 Å². The lowest BCUT2D eigenvalue weighted by Crippen LogP contribution is -2.35. The first kappa shape index (κ1) is 20.3. The van der Waals surface area contributed by atoms with E-state index in [9.17, 15) is 22.4 Å². The van der Waals surface area contributed by atoms with Crippen LogP contribution in [0.4, 0.5) is 10.1 Å². The van der Waals surface area contributed by atoms with Crippen molar-refractivity contribution >= 4 is 27.5 Å². The van der Waals surface area contributed by atoms with Crippen molar-refractivity contribution < 1.29 is 22.4 Å². The molecule has 0 saturated carbocycles. The van der Waals surface area contributed by atoms with E-state index in [0.29, 0.717) is 31.5 Å². The highest BCUT2D eigenvalue weighted by Gasteiger charge is 2.23. The maximum atomic E-state index is 13.3. The van der Waals surface area contributed by atoms with E-state index in [1.807, 2.05) is 0 Å². The van der Waals surface area contributed by atoms with Crippen LogP contribution in [0.25, 0.3) is 0 Å². The van der Waals surface area contributed by atoms with Crippen LogP contribution < -0.4 is 10.6 Å². The minimum Gasteiger partial charge on any atom is -0.356 e. The fraction of sp³-hybridized carbons (Fsp3) is 0.529. The van der Waals surface area contributed by atoms with Crippen molar-refractivity contribution in [3.05, 3.63) is 30.1 Å². The van der Waals surface area contributed by atoms with E-state index in [1.165, 1.54) is 22.5 Å². The van der Waals surface area contributed by atoms with Crippen LogP contribution in [-0.4, -0.2) is 50.4 Å². The molecule has 1 aromatic carbocycles. The third-order valence-electron chi connectivity index (χ3n) is 4.30. The lowest BCUT2D eigenvalue weighted by Gasteiger charge is -2.20. The normalized spacial score (nSPS) is 20.7. The Morgan fingerprint density at radius 3 is 2.77 bits per heavy atom. The molecule has 2 rings (SSSR count). The van der Waals surface area contributed by atoms with Crippen molar-refractivity contribution in [2.75, 3.05) is 31.2 Å². The highest BCUT2D eigenvalue weighted by molar-refractivity contribution is 7.88. The van der Waals surface area contributed by atoms with E-state index in [4.69, 9.17) is 0 Å². The third-order valence-corrected chi connectivity index (χ3v) is 5.60. The molecule has 1 fully saturated rings. The third kappa shape index (κ3) is 6.38.